The maximum absolute atomic E-state index is 12.4. The van der Waals surface area contributed by atoms with Crippen LogP contribution in [0.25, 0.3) is 0 Å². The van der Waals surface area contributed by atoms with Crippen molar-refractivity contribution in [2.24, 2.45) is 11.7 Å². The number of hydrogen-bond donors (Lipinski definition) is 2. The SMILES string of the molecule is NC(=O)C1CCN(CCC(=O)Nc2ccccc2Oc2ccccc2)CC1. The molecule has 3 rings (SSSR count). The molecule has 1 aliphatic heterocycles. The van der Waals surface area contributed by atoms with E-state index in [-0.39, 0.29) is 17.7 Å². The van der Waals surface area contributed by atoms with Crippen LogP contribution in [0.5, 0.6) is 11.5 Å². The zero-order valence-corrected chi connectivity index (χ0v) is 15.3. The van der Waals surface area contributed by atoms with E-state index in [0.717, 1.165) is 31.7 Å². The van der Waals surface area contributed by atoms with Gasteiger partial charge in [0.1, 0.15) is 5.75 Å². The van der Waals surface area contributed by atoms with Crippen molar-refractivity contribution in [1.29, 1.82) is 0 Å². The Balaban J connectivity index is 1.50. The van der Waals surface area contributed by atoms with Gasteiger partial charge in [0, 0.05) is 18.9 Å². The molecule has 3 N–H and O–H groups in total. The van der Waals surface area contributed by atoms with Gasteiger partial charge in [-0.3, -0.25) is 9.59 Å². The Morgan fingerprint density at radius 3 is 2.41 bits per heavy atom. The Kier molecular flexibility index (Phi) is 6.44. The number of likely N-dealkylation sites (tertiary alicyclic amines) is 1. The standard InChI is InChI=1S/C21H25N3O3/c22-21(26)16-10-13-24(14-11-16)15-12-20(25)23-18-8-4-5-9-19(18)27-17-6-2-1-3-7-17/h1-9,16H,10-15H2,(H2,22,26)(H,23,25). The molecular weight excluding hydrogens is 342 g/mol. The fraction of sp³-hybridized carbons (Fsp3) is 0.333. The lowest BCUT2D eigenvalue weighted by Gasteiger charge is -2.30. The van der Waals surface area contributed by atoms with Crippen LogP contribution in [0.4, 0.5) is 5.69 Å². The lowest BCUT2D eigenvalue weighted by atomic mass is 9.96. The summed E-state index contributed by atoms with van der Waals surface area (Å²) in [6, 6.07) is 16.9. The zero-order valence-electron chi connectivity index (χ0n) is 15.3. The third-order valence-corrected chi connectivity index (χ3v) is 4.78. The number of para-hydroxylation sites is 3. The number of amides is 2. The van der Waals surface area contributed by atoms with E-state index < -0.39 is 0 Å². The highest BCUT2D eigenvalue weighted by Gasteiger charge is 2.23. The fourth-order valence-corrected chi connectivity index (χ4v) is 3.19. The number of nitrogens with zero attached hydrogens (tertiary/aromatic N) is 1. The summed E-state index contributed by atoms with van der Waals surface area (Å²) in [5.74, 6) is 1.02. The third-order valence-electron chi connectivity index (χ3n) is 4.78. The van der Waals surface area contributed by atoms with Crippen LogP contribution in [0.1, 0.15) is 19.3 Å². The largest absolute Gasteiger partial charge is 0.455 e. The summed E-state index contributed by atoms with van der Waals surface area (Å²) < 4.78 is 5.87. The van der Waals surface area contributed by atoms with Gasteiger partial charge in [-0.1, -0.05) is 30.3 Å². The van der Waals surface area contributed by atoms with Crippen molar-refractivity contribution < 1.29 is 14.3 Å². The minimum Gasteiger partial charge on any atom is -0.455 e. The van der Waals surface area contributed by atoms with Gasteiger partial charge in [-0.25, -0.2) is 0 Å². The van der Waals surface area contributed by atoms with Gasteiger partial charge in [0.15, 0.2) is 5.75 Å². The van der Waals surface area contributed by atoms with Gasteiger partial charge in [-0.2, -0.15) is 0 Å². The summed E-state index contributed by atoms with van der Waals surface area (Å²) in [4.78, 5) is 25.8. The van der Waals surface area contributed by atoms with Crippen molar-refractivity contribution in [3.05, 3.63) is 54.6 Å². The topological polar surface area (TPSA) is 84.7 Å². The lowest BCUT2D eigenvalue weighted by molar-refractivity contribution is -0.123. The molecule has 142 valence electrons. The van der Waals surface area contributed by atoms with Crippen molar-refractivity contribution in [2.45, 2.75) is 19.3 Å². The Morgan fingerprint density at radius 2 is 1.70 bits per heavy atom. The van der Waals surface area contributed by atoms with Crippen LogP contribution in [0, 0.1) is 5.92 Å². The van der Waals surface area contributed by atoms with E-state index in [2.05, 4.69) is 10.2 Å². The number of hydrogen-bond acceptors (Lipinski definition) is 4. The van der Waals surface area contributed by atoms with Crippen molar-refractivity contribution in [1.82, 2.24) is 4.90 Å². The van der Waals surface area contributed by atoms with E-state index >= 15 is 0 Å². The predicted molar refractivity (Wildman–Crippen MR) is 105 cm³/mol. The van der Waals surface area contributed by atoms with Crippen molar-refractivity contribution >= 4 is 17.5 Å². The van der Waals surface area contributed by atoms with Gasteiger partial charge in [0.05, 0.1) is 5.69 Å². The first-order valence-electron chi connectivity index (χ1n) is 9.25. The van der Waals surface area contributed by atoms with E-state index in [0.29, 0.717) is 24.4 Å². The van der Waals surface area contributed by atoms with Crippen molar-refractivity contribution in [3.8, 4) is 11.5 Å². The lowest BCUT2D eigenvalue weighted by Crippen LogP contribution is -2.39. The maximum atomic E-state index is 12.4. The molecule has 0 unspecified atom stereocenters. The van der Waals surface area contributed by atoms with E-state index in [4.69, 9.17) is 10.5 Å². The molecule has 2 amide bonds. The molecule has 1 heterocycles. The number of nitrogens with two attached hydrogens (primary N) is 1. The second kappa shape index (κ2) is 9.19. The second-order valence-electron chi connectivity index (χ2n) is 6.73. The number of carbonyl (C=O) groups excluding carboxylic acids is 2. The average molecular weight is 367 g/mol. The second-order valence-corrected chi connectivity index (χ2v) is 6.73. The summed E-state index contributed by atoms with van der Waals surface area (Å²) in [5.41, 5.74) is 6.01. The highest BCUT2D eigenvalue weighted by Crippen LogP contribution is 2.29. The Bertz CT molecular complexity index is 771. The Morgan fingerprint density at radius 1 is 1.04 bits per heavy atom. The predicted octanol–water partition coefficient (Wildman–Crippen LogP) is 3.00. The Hall–Kier alpha value is -2.86. The molecule has 1 aliphatic rings. The van der Waals surface area contributed by atoms with Crippen LogP contribution in [-0.2, 0) is 9.59 Å². The van der Waals surface area contributed by atoms with E-state index in [1.165, 1.54) is 0 Å². The first kappa shape index (κ1) is 18.9. The van der Waals surface area contributed by atoms with E-state index in [1.54, 1.807) is 0 Å². The van der Waals surface area contributed by atoms with Gasteiger partial charge < -0.3 is 20.7 Å². The molecule has 0 atom stereocenters. The summed E-state index contributed by atoms with van der Waals surface area (Å²) in [6.07, 6.45) is 1.93. The normalized spacial score (nSPS) is 15.3. The number of rotatable bonds is 7. The molecule has 6 heteroatoms. The number of primary amides is 1. The number of carbonyl (C=O) groups is 2. The summed E-state index contributed by atoms with van der Waals surface area (Å²) in [5, 5.41) is 2.93. The smallest absolute Gasteiger partial charge is 0.225 e. The van der Waals surface area contributed by atoms with Gasteiger partial charge in [0.25, 0.3) is 0 Å². The summed E-state index contributed by atoms with van der Waals surface area (Å²) in [7, 11) is 0. The molecule has 6 nitrogen and oxygen atoms in total. The molecule has 0 aliphatic carbocycles. The first-order valence-corrected chi connectivity index (χ1v) is 9.25. The number of benzene rings is 2. The van der Waals surface area contributed by atoms with Crippen LogP contribution in [-0.4, -0.2) is 36.3 Å². The molecule has 0 saturated carbocycles. The molecule has 0 spiro atoms. The van der Waals surface area contributed by atoms with E-state index in [9.17, 15) is 9.59 Å². The quantitative estimate of drug-likeness (QED) is 0.788. The van der Waals surface area contributed by atoms with Gasteiger partial charge in [0.2, 0.25) is 11.8 Å². The first-order chi connectivity index (χ1) is 13.1. The van der Waals surface area contributed by atoms with Crippen molar-refractivity contribution in [3.63, 3.8) is 0 Å². The number of anilines is 1. The molecule has 1 saturated heterocycles. The van der Waals surface area contributed by atoms with Gasteiger partial charge >= 0.3 is 0 Å². The molecular formula is C21H25N3O3. The molecule has 0 radical (unpaired) electrons. The third kappa shape index (κ3) is 5.56. The highest BCUT2D eigenvalue weighted by molar-refractivity contribution is 5.92. The molecule has 27 heavy (non-hydrogen) atoms. The van der Waals surface area contributed by atoms with Crippen LogP contribution >= 0.6 is 0 Å². The molecule has 2 aromatic carbocycles. The minimum atomic E-state index is -0.220. The molecule has 0 bridgehead atoms. The summed E-state index contributed by atoms with van der Waals surface area (Å²) in [6.45, 7) is 2.27. The average Bonchev–Trinajstić information content (AvgIpc) is 2.69. The van der Waals surface area contributed by atoms with Crippen LogP contribution in [0.2, 0.25) is 0 Å². The molecule has 2 aromatic rings. The maximum Gasteiger partial charge on any atom is 0.225 e. The van der Waals surface area contributed by atoms with Gasteiger partial charge in [-0.05, 0) is 50.2 Å². The zero-order chi connectivity index (χ0) is 19.1. The summed E-state index contributed by atoms with van der Waals surface area (Å²) >= 11 is 0. The molecule has 1 fully saturated rings. The van der Waals surface area contributed by atoms with Crippen LogP contribution in [0.3, 0.4) is 0 Å². The van der Waals surface area contributed by atoms with Crippen LogP contribution < -0.4 is 15.8 Å². The number of ether oxygens (including phenoxy) is 1. The van der Waals surface area contributed by atoms with Crippen molar-refractivity contribution in [2.75, 3.05) is 25.0 Å². The minimum absolute atomic E-state index is 0.0305. The molecule has 0 aromatic heterocycles. The fourth-order valence-electron chi connectivity index (χ4n) is 3.19. The van der Waals surface area contributed by atoms with Gasteiger partial charge in [-0.15, -0.1) is 0 Å². The highest BCUT2D eigenvalue weighted by atomic mass is 16.5. The van der Waals surface area contributed by atoms with E-state index in [1.807, 2.05) is 54.6 Å². The monoisotopic (exact) mass is 367 g/mol. The number of piperidine rings is 1. The van der Waals surface area contributed by atoms with Crippen LogP contribution in [0.15, 0.2) is 54.6 Å². The number of nitrogens with one attached hydrogen (secondary N) is 1. The Labute approximate surface area is 159 Å².